The second kappa shape index (κ2) is 13.0. The van der Waals surface area contributed by atoms with Crippen molar-refractivity contribution in [3.05, 3.63) is 72.7 Å². The average Bonchev–Trinajstić information content (AvgIpc) is 3.55. The summed E-state index contributed by atoms with van der Waals surface area (Å²) in [5.74, 6) is -1.10. The molecule has 1 saturated heterocycles. The molecule has 0 spiro atoms. The number of nitrogens with zero attached hydrogens (tertiary/aromatic N) is 7. The maximum absolute atomic E-state index is 9.10. The Morgan fingerprint density at radius 1 is 0.951 bits per heavy atom. The molecule has 1 fully saturated rings. The third kappa shape index (κ3) is 7.19. The number of aromatic amines is 1. The lowest BCUT2D eigenvalue weighted by Gasteiger charge is -2.31. The summed E-state index contributed by atoms with van der Waals surface area (Å²) in [6.45, 7) is 4.78. The van der Waals surface area contributed by atoms with Gasteiger partial charge in [0.05, 0.1) is 29.5 Å². The van der Waals surface area contributed by atoms with Crippen LogP contribution in [-0.2, 0) is 22.6 Å². The number of rotatable bonds is 8. The number of aliphatic carboxylic acids is 2. The molecule has 5 aromatic heterocycles. The van der Waals surface area contributed by atoms with Crippen LogP contribution >= 0.6 is 0 Å². The second-order valence-electron chi connectivity index (χ2n) is 9.79. The molecule has 0 aliphatic carbocycles. The van der Waals surface area contributed by atoms with E-state index in [0.717, 1.165) is 72.3 Å². The van der Waals surface area contributed by atoms with Gasteiger partial charge in [-0.25, -0.2) is 24.5 Å². The van der Waals surface area contributed by atoms with E-state index in [1.807, 2.05) is 36.7 Å². The summed E-state index contributed by atoms with van der Waals surface area (Å²) in [6, 6.07) is 12.0. The van der Waals surface area contributed by atoms with E-state index in [-0.39, 0.29) is 0 Å². The number of hydrogen-bond acceptors (Lipinski definition) is 9. The molecule has 0 aromatic carbocycles. The van der Waals surface area contributed by atoms with Crippen molar-refractivity contribution >= 4 is 40.1 Å². The third-order valence-corrected chi connectivity index (χ3v) is 6.99. The highest BCUT2D eigenvalue weighted by Crippen LogP contribution is 2.24. The van der Waals surface area contributed by atoms with Gasteiger partial charge < -0.3 is 30.0 Å². The molecule has 0 saturated carbocycles. The number of nitrogens with one attached hydrogen (secondary N) is 2. The van der Waals surface area contributed by atoms with E-state index in [1.54, 1.807) is 12.4 Å². The monoisotopic (exact) mass is 557 g/mol. The van der Waals surface area contributed by atoms with Gasteiger partial charge in [0.15, 0.2) is 5.65 Å². The van der Waals surface area contributed by atoms with Gasteiger partial charge in [-0.05, 0) is 62.2 Å². The number of aromatic nitrogens is 7. The van der Waals surface area contributed by atoms with Crippen molar-refractivity contribution in [1.82, 2.24) is 39.4 Å². The van der Waals surface area contributed by atoms with Crippen molar-refractivity contribution < 1.29 is 19.8 Å². The molecule has 1 aliphatic rings. The summed E-state index contributed by atoms with van der Waals surface area (Å²) in [6.07, 6.45) is 10.6. The molecule has 5 aromatic rings. The summed E-state index contributed by atoms with van der Waals surface area (Å²) >= 11 is 0. The van der Waals surface area contributed by atoms with Gasteiger partial charge in [-0.3, -0.25) is 9.97 Å². The van der Waals surface area contributed by atoms with Crippen LogP contribution in [0, 0.1) is 5.92 Å². The van der Waals surface area contributed by atoms with E-state index in [4.69, 9.17) is 24.8 Å². The van der Waals surface area contributed by atoms with Gasteiger partial charge >= 0.3 is 11.9 Å². The average molecular weight is 558 g/mol. The highest BCUT2D eigenvalue weighted by atomic mass is 16.4. The molecule has 0 bridgehead atoms. The molecule has 41 heavy (non-hydrogen) atoms. The fourth-order valence-corrected chi connectivity index (χ4v) is 4.93. The van der Waals surface area contributed by atoms with Crippen LogP contribution in [0.25, 0.3) is 22.2 Å². The molecule has 4 N–H and O–H groups in total. The lowest BCUT2D eigenvalue weighted by Crippen LogP contribution is -2.37. The molecule has 13 nitrogen and oxygen atoms in total. The van der Waals surface area contributed by atoms with Crippen molar-refractivity contribution in [2.24, 2.45) is 5.92 Å². The van der Waals surface area contributed by atoms with Crippen molar-refractivity contribution in [3.63, 3.8) is 0 Å². The quantitative estimate of drug-likeness (QED) is 0.206. The fourth-order valence-electron chi connectivity index (χ4n) is 4.93. The Bertz CT molecular complexity index is 1570. The Morgan fingerprint density at radius 2 is 1.76 bits per heavy atom. The Kier molecular flexibility index (Phi) is 8.74. The Morgan fingerprint density at radius 3 is 2.49 bits per heavy atom. The number of carbonyl (C=O) groups is 2. The summed E-state index contributed by atoms with van der Waals surface area (Å²) in [5, 5.41) is 18.2. The molecule has 6 heterocycles. The first-order valence-electron chi connectivity index (χ1n) is 13.4. The molecule has 212 valence electrons. The molecule has 0 atom stereocenters. The van der Waals surface area contributed by atoms with Gasteiger partial charge in [0, 0.05) is 38.1 Å². The Balaban J connectivity index is 0.000000511. The summed E-state index contributed by atoms with van der Waals surface area (Å²) in [5.41, 5.74) is 4.83. The fraction of sp³-hybridized carbons (Fsp3) is 0.321. The van der Waals surface area contributed by atoms with Crippen molar-refractivity contribution in [3.8, 4) is 0 Å². The van der Waals surface area contributed by atoms with Crippen molar-refractivity contribution in [2.45, 2.75) is 25.8 Å². The third-order valence-electron chi connectivity index (χ3n) is 6.99. The maximum Gasteiger partial charge on any atom is 0.414 e. The Hall–Kier alpha value is -4.91. The molecular weight excluding hydrogens is 526 g/mol. The lowest BCUT2D eigenvalue weighted by atomic mass is 9.93. The van der Waals surface area contributed by atoms with E-state index >= 15 is 0 Å². The molecule has 13 heteroatoms. The highest BCUT2D eigenvalue weighted by Gasteiger charge is 2.22. The standard InChI is InChI=1S/C26H29N9.C2H2O4/c1-2-9-28-20(4-1)18-35-24(31-22-5-3-10-29-25(22)35)16-19-7-13-34(14-8-19)15-12-30-26-32-21-6-11-27-17-23(21)33-26;3-1(4)2(5)6/h1-6,9-11,17,19H,7-8,12-16,18H2,(H2,30,32,33);(H,3,4)(H,5,6). The van der Waals surface area contributed by atoms with Gasteiger partial charge in [-0.1, -0.05) is 6.07 Å². The maximum atomic E-state index is 9.10. The number of H-pyrrole nitrogens is 1. The molecule has 1 aliphatic heterocycles. The van der Waals surface area contributed by atoms with Crippen LogP contribution in [0.5, 0.6) is 0 Å². The number of carboxylic acids is 2. The first-order valence-corrected chi connectivity index (χ1v) is 13.4. The van der Waals surface area contributed by atoms with E-state index in [1.165, 1.54) is 12.8 Å². The number of fused-ring (bicyclic) bond motifs is 2. The van der Waals surface area contributed by atoms with Crippen LogP contribution < -0.4 is 5.32 Å². The van der Waals surface area contributed by atoms with E-state index < -0.39 is 11.9 Å². The number of carboxylic acid groups (broad SMARTS) is 2. The molecule has 0 unspecified atom stereocenters. The number of piperidine rings is 1. The first-order chi connectivity index (χ1) is 20.0. The SMILES string of the molecule is O=C(O)C(=O)O.c1ccc(Cn2c(CC3CCN(CCNc4nc5ccncc5[nH]4)CC3)nc3cccnc32)nc1. The lowest BCUT2D eigenvalue weighted by molar-refractivity contribution is -0.159. The van der Waals surface area contributed by atoms with E-state index in [2.05, 4.69) is 51.8 Å². The van der Waals surface area contributed by atoms with Gasteiger partial charge in [0.25, 0.3) is 0 Å². The van der Waals surface area contributed by atoms with E-state index in [9.17, 15) is 0 Å². The van der Waals surface area contributed by atoms with Gasteiger partial charge in [-0.15, -0.1) is 0 Å². The smallest absolute Gasteiger partial charge is 0.414 e. The van der Waals surface area contributed by atoms with E-state index in [0.29, 0.717) is 12.5 Å². The number of anilines is 1. The second-order valence-corrected chi connectivity index (χ2v) is 9.79. The van der Waals surface area contributed by atoms with Gasteiger partial charge in [0.2, 0.25) is 5.95 Å². The van der Waals surface area contributed by atoms with Crippen molar-refractivity contribution in [1.29, 1.82) is 0 Å². The minimum absolute atomic E-state index is 0.626. The Labute approximate surface area is 235 Å². The summed E-state index contributed by atoms with van der Waals surface area (Å²) in [7, 11) is 0. The normalized spacial score (nSPS) is 14.0. The molecule has 0 radical (unpaired) electrons. The number of imidazole rings is 2. The first kappa shape index (κ1) is 27.6. The molecule has 0 amide bonds. The van der Waals surface area contributed by atoms with Crippen LogP contribution in [-0.4, -0.2) is 87.7 Å². The summed E-state index contributed by atoms with van der Waals surface area (Å²) in [4.78, 5) is 46.8. The van der Waals surface area contributed by atoms with Crippen LogP contribution in [0.3, 0.4) is 0 Å². The predicted molar refractivity (Wildman–Crippen MR) is 151 cm³/mol. The molecular formula is C28H31N9O4. The predicted octanol–water partition coefficient (Wildman–Crippen LogP) is 2.67. The van der Waals surface area contributed by atoms with Gasteiger partial charge in [-0.2, -0.15) is 0 Å². The van der Waals surface area contributed by atoms with Crippen LogP contribution in [0.2, 0.25) is 0 Å². The zero-order valence-electron chi connectivity index (χ0n) is 22.3. The number of hydrogen-bond donors (Lipinski definition) is 4. The number of likely N-dealkylation sites (tertiary alicyclic amines) is 1. The largest absolute Gasteiger partial charge is 0.473 e. The molecule has 6 rings (SSSR count). The topological polar surface area (TPSA) is 175 Å². The van der Waals surface area contributed by atoms with Crippen molar-refractivity contribution in [2.75, 3.05) is 31.5 Å². The van der Waals surface area contributed by atoms with Crippen LogP contribution in [0.1, 0.15) is 24.4 Å². The zero-order chi connectivity index (χ0) is 28.6. The van der Waals surface area contributed by atoms with Gasteiger partial charge in [0.1, 0.15) is 11.3 Å². The zero-order valence-corrected chi connectivity index (χ0v) is 22.3. The van der Waals surface area contributed by atoms with Crippen LogP contribution in [0.4, 0.5) is 5.95 Å². The summed E-state index contributed by atoms with van der Waals surface area (Å²) < 4.78 is 2.25. The highest BCUT2D eigenvalue weighted by molar-refractivity contribution is 6.27. The number of pyridine rings is 3. The minimum atomic E-state index is -1.82. The minimum Gasteiger partial charge on any atom is -0.473 e. The van der Waals surface area contributed by atoms with Crippen LogP contribution in [0.15, 0.2) is 61.2 Å².